The average Bonchev–Trinajstić information content (AvgIpc) is 2.22. The first-order valence-electron chi connectivity index (χ1n) is 4.93. The second kappa shape index (κ2) is 8.09. The molecule has 0 aliphatic rings. The number of allylic oxidation sites excluding steroid dienone is 1. The van der Waals surface area contributed by atoms with Gasteiger partial charge < -0.3 is 14.9 Å². The third-order valence-electron chi connectivity index (χ3n) is 1.71. The molecule has 0 saturated heterocycles. The zero-order valence-corrected chi connectivity index (χ0v) is 9.38. The summed E-state index contributed by atoms with van der Waals surface area (Å²) in [7, 11) is 0. The monoisotopic (exact) mass is 242 g/mol. The summed E-state index contributed by atoms with van der Waals surface area (Å²) >= 11 is 0. The molecule has 0 aromatic heterocycles. The summed E-state index contributed by atoms with van der Waals surface area (Å²) in [5.74, 6) is -3.10. The smallest absolute Gasteiger partial charge is 0.331 e. The Morgan fingerprint density at radius 1 is 1.24 bits per heavy atom. The lowest BCUT2D eigenvalue weighted by molar-refractivity contribution is -0.138. The van der Waals surface area contributed by atoms with Crippen LogP contribution in [0.3, 0.4) is 0 Å². The van der Waals surface area contributed by atoms with Crippen molar-refractivity contribution in [1.29, 1.82) is 0 Å². The lowest BCUT2D eigenvalue weighted by atomic mass is 10.1. The van der Waals surface area contributed by atoms with Gasteiger partial charge in [0.1, 0.15) is 0 Å². The predicted molar refractivity (Wildman–Crippen MR) is 58.4 cm³/mol. The van der Waals surface area contributed by atoms with Gasteiger partial charge in [-0.25, -0.2) is 14.4 Å². The van der Waals surface area contributed by atoms with Gasteiger partial charge in [-0.05, 0) is 19.8 Å². The van der Waals surface area contributed by atoms with E-state index >= 15 is 0 Å². The van der Waals surface area contributed by atoms with Gasteiger partial charge in [0.2, 0.25) is 0 Å². The van der Waals surface area contributed by atoms with Gasteiger partial charge >= 0.3 is 17.9 Å². The van der Waals surface area contributed by atoms with Crippen LogP contribution in [-0.4, -0.2) is 34.7 Å². The van der Waals surface area contributed by atoms with Gasteiger partial charge in [-0.3, -0.25) is 0 Å². The van der Waals surface area contributed by atoms with Crippen molar-refractivity contribution in [1.82, 2.24) is 0 Å². The Bertz CT molecular complexity index is 353. The van der Waals surface area contributed by atoms with Crippen LogP contribution >= 0.6 is 0 Å². The molecule has 0 unspecified atom stereocenters. The molecule has 94 valence electrons. The maximum atomic E-state index is 10.9. The number of esters is 1. The number of carboxylic acid groups (broad SMARTS) is 2. The second-order valence-electron chi connectivity index (χ2n) is 3.08. The minimum atomic E-state index is -1.31. The van der Waals surface area contributed by atoms with Gasteiger partial charge in [-0.15, -0.1) is 0 Å². The van der Waals surface area contributed by atoms with E-state index in [2.05, 4.69) is 0 Å². The van der Waals surface area contributed by atoms with E-state index in [9.17, 15) is 14.4 Å². The van der Waals surface area contributed by atoms with E-state index in [0.717, 1.165) is 0 Å². The van der Waals surface area contributed by atoms with Gasteiger partial charge in [0.15, 0.2) is 0 Å². The number of aliphatic carboxylic acids is 2. The number of hydrogen-bond donors (Lipinski definition) is 2. The highest BCUT2D eigenvalue weighted by Gasteiger charge is 2.09. The minimum Gasteiger partial charge on any atom is -0.478 e. The van der Waals surface area contributed by atoms with Gasteiger partial charge in [0.05, 0.1) is 6.61 Å². The molecule has 0 spiro atoms. The number of carboxylic acids is 2. The van der Waals surface area contributed by atoms with E-state index in [4.69, 9.17) is 14.9 Å². The molecule has 6 heteroatoms. The highest BCUT2D eigenvalue weighted by atomic mass is 16.5. The van der Waals surface area contributed by atoms with E-state index < -0.39 is 17.9 Å². The molecule has 6 nitrogen and oxygen atoms in total. The van der Waals surface area contributed by atoms with Crippen LogP contribution in [0.25, 0.3) is 0 Å². The van der Waals surface area contributed by atoms with Crippen molar-refractivity contribution in [2.75, 3.05) is 6.61 Å². The van der Waals surface area contributed by atoms with E-state index in [1.807, 2.05) is 0 Å². The Morgan fingerprint density at radius 2 is 1.88 bits per heavy atom. The number of rotatable bonds is 7. The van der Waals surface area contributed by atoms with Crippen LogP contribution in [0.2, 0.25) is 0 Å². The normalized spacial score (nSPS) is 11.5. The minimum absolute atomic E-state index is 0.0325. The van der Waals surface area contributed by atoms with Crippen molar-refractivity contribution in [2.24, 2.45) is 0 Å². The van der Waals surface area contributed by atoms with Crippen LogP contribution in [0.4, 0.5) is 0 Å². The third kappa shape index (κ3) is 7.78. The largest absolute Gasteiger partial charge is 0.478 e. The molecule has 0 heterocycles. The quantitative estimate of drug-likeness (QED) is 0.392. The summed E-state index contributed by atoms with van der Waals surface area (Å²) < 4.78 is 4.72. The van der Waals surface area contributed by atoms with Crippen molar-refractivity contribution in [3.05, 3.63) is 23.8 Å². The highest BCUT2D eigenvalue weighted by molar-refractivity contribution is 5.94. The number of carbonyl (C=O) groups is 3. The summed E-state index contributed by atoms with van der Waals surface area (Å²) in [5, 5.41) is 17.1. The van der Waals surface area contributed by atoms with Crippen LogP contribution in [0, 0.1) is 0 Å². The first-order valence-corrected chi connectivity index (χ1v) is 4.93. The Labute approximate surface area is 98.2 Å². The molecule has 17 heavy (non-hydrogen) atoms. The first-order chi connectivity index (χ1) is 7.97. The van der Waals surface area contributed by atoms with Crippen LogP contribution in [0.5, 0.6) is 0 Å². The number of hydrogen-bond acceptors (Lipinski definition) is 4. The van der Waals surface area contributed by atoms with Crippen LogP contribution in [-0.2, 0) is 19.1 Å². The summed E-state index contributed by atoms with van der Waals surface area (Å²) in [6, 6.07) is 0. The van der Waals surface area contributed by atoms with E-state index in [1.165, 1.54) is 12.2 Å². The topological polar surface area (TPSA) is 101 Å². The average molecular weight is 242 g/mol. The van der Waals surface area contributed by atoms with Crippen molar-refractivity contribution in [3.63, 3.8) is 0 Å². The molecule has 0 saturated carbocycles. The van der Waals surface area contributed by atoms with Crippen LogP contribution in [0.1, 0.15) is 19.8 Å². The Morgan fingerprint density at radius 3 is 2.35 bits per heavy atom. The molecule has 0 aliphatic carbocycles. The lowest BCUT2D eigenvalue weighted by Gasteiger charge is -2.02. The van der Waals surface area contributed by atoms with Gasteiger partial charge in [-0.1, -0.05) is 6.08 Å². The molecular weight excluding hydrogens is 228 g/mol. The fourth-order valence-electron chi connectivity index (χ4n) is 1.01. The van der Waals surface area contributed by atoms with Crippen LogP contribution < -0.4 is 0 Å². The zero-order chi connectivity index (χ0) is 13.3. The van der Waals surface area contributed by atoms with Gasteiger partial charge in [0, 0.05) is 17.7 Å². The lowest BCUT2D eigenvalue weighted by Crippen LogP contribution is -2.07. The predicted octanol–water partition coefficient (Wildman–Crippen LogP) is 0.982. The molecule has 2 N–H and O–H groups in total. The second-order valence-corrected chi connectivity index (χ2v) is 3.08. The van der Waals surface area contributed by atoms with E-state index in [0.29, 0.717) is 6.08 Å². The standard InChI is InChI=1S/C11H14O6/c1-2-4-10(14)17-6-3-5-8(11(15)16)7-9(12)13/h2,4,7H,3,5-6H2,1H3,(H,12,13)(H,15,16)/b4-2?,8-7+. The molecule has 0 radical (unpaired) electrons. The van der Waals surface area contributed by atoms with E-state index in [-0.39, 0.29) is 25.0 Å². The van der Waals surface area contributed by atoms with Gasteiger partial charge in [-0.2, -0.15) is 0 Å². The Kier molecular flexibility index (Phi) is 7.09. The maximum absolute atomic E-state index is 10.9. The molecule has 0 bridgehead atoms. The van der Waals surface area contributed by atoms with Crippen molar-refractivity contribution >= 4 is 17.9 Å². The molecule has 0 rings (SSSR count). The van der Waals surface area contributed by atoms with Crippen molar-refractivity contribution in [3.8, 4) is 0 Å². The summed E-state index contributed by atoms with van der Waals surface area (Å²) in [6.45, 7) is 1.72. The number of carbonyl (C=O) groups excluding carboxylic acids is 1. The van der Waals surface area contributed by atoms with E-state index in [1.54, 1.807) is 6.92 Å². The fraction of sp³-hybridized carbons (Fsp3) is 0.364. The Hall–Kier alpha value is -2.11. The molecule has 0 atom stereocenters. The molecular formula is C11H14O6. The molecule has 0 aromatic rings. The molecule has 0 amide bonds. The SMILES string of the molecule is CC=CC(=O)OCCC/C(=C\C(=O)O)C(=O)O. The van der Waals surface area contributed by atoms with Gasteiger partial charge in [0.25, 0.3) is 0 Å². The van der Waals surface area contributed by atoms with Crippen molar-refractivity contribution < 1.29 is 29.3 Å². The first kappa shape index (κ1) is 14.9. The maximum Gasteiger partial charge on any atom is 0.331 e. The third-order valence-corrected chi connectivity index (χ3v) is 1.71. The zero-order valence-electron chi connectivity index (χ0n) is 9.38. The molecule has 0 aromatic carbocycles. The van der Waals surface area contributed by atoms with Crippen LogP contribution in [0.15, 0.2) is 23.8 Å². The number of ether oxygens (including phenoxy) is 1. The summed E-state index contributed by atoms with van der Waals surface area (Å²) in [5.41, 5.74) is -0.223. The molecule has 0 aliphatic heterocycles. The fourth-order valence-corrected chi connectivity index (χ4v) is 1.01. The summed E-state index contributed by atoms with van der Waals surface area (Å²) in [6.07, 6.45) is 3.69. The molecule has 0 fully saturated rings. The Balaban J connectivity index is 4.04. The summed E-state index contributed by atoms with van der Waals surface area (Å²) in [4.78, 5) is 31.8. The highest BCUT2D eigenvalue weighted by Crippen LogP contribution is 2.05. The van der Waals surface area contributed by atoms with Crippen molar-refractivity contribution in [2.45, 2.75) is 19.8 Å².